The van der Waals surface area contributed by atoms with Gasteiger partial charge in [0, 0.05) is 5.69 Å². The number of benzene rings is 1. The second-order valence-electron chi connectivity index (χ2n) is 2.95. The molecule has 0 aliphatic carbocycles. The smallest absolute Gasteiger partial charge is 1.00 e. The van der Waals surface area contributed by atoms with E-state index in [1.807, 2.05) is 0 Å². The predicted octanol–water partition coefficient (Wildman–Crippen LogP) is -1.75. The number of anilines is 1. The van der Waals surface area contributed by atoms with Crippen molar-refractivity contribution in [3.63, 3.8) is 0 Å². The summed E-state index contributed by atoms with van der Waals surface area (Å²) < 4.78 is 30.4. The molecule has 0 bridgehead atoms. The third kappa shape index (κ3) is 2.96. The van der Waals surface area contributed by atoms with Crippen molar-refractivity contribution in [2.24, 2.45) is 0 Å². The molecule has 0 unspecified atom stereocenters. The summed E-state index contributed by atoms with van der Waals surface area (Å²) in [5.74, 6) is 0. The fourth-order valence-corrected chi connectivity index (χ4v) is 1.87. The third-order valence-corrected chi connectivity index (χ3v) is 2.84. The van der Waals surface area contributed by atoms with Crippen LogP contribution in [0.5, 0.6) is 0 Å². The van der Waals surface area contributed by atoms with E-state index in [-0.39, 0.29) is 35.9 Å². The van der Waals surface area contributed by atoms with E-state index in [4.69, 9.17) is 10.3 Å². The summed E-state index contributed by atoms with van der Waals surface area (Å²) >= 11 is 0. The number of nitrogens with two attached hydrogens (primary N) is 1. The van der Waals surface area contributed by atoms with Gasteiger partial charge in [0.1, 0.15) is 0 Å². The molecule has 4 nitrogen and oxygen atoms in total. The maximum Gasteiger partial charge on any atom is 1.00 e. The molecule has 0 atom stereocenters. The van der Waals surface area contributed by atoms with Crippen LogP contribution in [-0.2, 0) is 10.1 Å². The zero-order valence-corrected chi connectivity index (χ0v) is 11.2. The largest absolute Gasteiger partial charge is 1.00 e. The summed E-state index contributed by atoms with van der Waals surface area (Å²) in [6.07, 6.45) is 0. The van der Waals surface area contributed by atoms with E-state index in [0.717, 1.165) is 5.56 Å². The molecule has 0 aliphatic rings. The fraction of sp³-hybridized carbons (Fsp3) is 0.250. The fourth-order valence-electron chi connectivity index (χ4n) is 1.13. The van der Waals surface area contributed by atoms with E-state index >= 15 is 0 Å². The van der Waals surface area contributed by atoms with Gasteiger partial charge in [-0.1, -0.05) is 6.07 Å². The SMILES string of the molecule is Cc1cc(C)c(S(=O)(=O)O)cc1N.[H-].[Na+]. The van der Waals surface area contributed by atoms with Crippen LogP contribution in [0, 0.1) is 13.8 Å². The van der Waals surface area contributed by atoms with Crippen LogP contribution in [-0.4, -0.2) is 13.0 Å². The Morgan fingerprint density at radius 3 is 2.21 bits per heavy atom. The minimum absolute atomic E-state index is 0. The average Bonchev–Trinajstić information content (AvgIpc) is 1.94. The van der Waals surface area contributed by atoms with E-state index in [2.05, 4.69) is 0 Å². The maximum absolute atomic E-state index is 10.8. The van der Waals surface area contributed by atoms with Crippen molar-refractivity contribution < 1.29 is 44.0 Å². The number of hydrogen-bond donors (Lipinski definition) is 2. The van der Waals surface area contributed by atoms with Gasteiger partial charge in [-0.25, -0.2) is 0 Å². The van der Waals surface area contributed by atoms with Crippen molar-refractivity contribution in [2.45, 2.75) is 18.7 Å². The number of rotatable bonds is 1. The molecule has 6 heteroatoms. The van der Waals surface area contributed by atoms with Gasteiger partial charge in [0.2, 0.25) is 0 Å². The first-order valence-corrected chi connectivity index (χ1v) is 5.10. The van der Waals surface area contributed by atoms with Crippen LogP contribution >= 0.6 is 0 Å². The van der Waals surface area contributed by atoms with Crippen molar-refractivity contribution in [2.75, 3.05) is 5.73 Å². The van der Waals surface area contributed by atoms with Crippen LogP contribution in [0.2, 0.25) is 0 Å². The summed E-state index contributed by atoms with van der Waals surface area (Å²) in [5, 5.41) is 0. The Morgan fingerprint density at radius 1 is 1.29 bits per heavy atom. The summed E-state index contributed by atoms with van der Waals surface area (Å²) in [7, 11) is -4.15. The van der Waals surface area contributed by atoms with Gasteiger partial charge in [0.15, 0.2) is 0 Å². The second kappa shape index (κ2) is 4.63. The van der Waals surface area contributed by atoms with Crippen molar-refractivity contribution in [1.82, 2.24) is 0 Å². The van der Waals surface area contributed by atoms with Crippen LogP contribution < -0.4 is 35.3 Å². The Kier molecular flexibility index (Phi) is 4.61. The van der Waals surface area contributed by atoms with Crippen LogP contribution in [0.3, 0.4) is 0 Å². The molecule has 0 saturated heterocycles. The van der Waals surface area contributed by atoms with E-state index in [9.17, 15) is 8.42 Å². The van der Waals surface area contributed by atoms with Gasteiger partial charge >= 0.3 is 29.6 Å². The summed E-state index contributed by atoms with van der Waals surface area (Å²) in [6, 6.07) is 2.89. The normalized spacial score (nSPS) is 10.8. The number of nitrogen functional groups attached to an aromatic ring is 1. The standard InChI is InChI=1S/C8H11NO3S.Na.H/c1-5-3-6(2)8(4-7(5)9)13(10,11)12;;/h3-4H,9H2,1-2H3,(H,10,11,12);;/q;+1;-1. The van der Waals surface area contributed by atoms with Gasteiger partial charge in [-0.2, -0.15) is 8.42 Å². The minimum atomic E-state index is -4.15. The molecule has 0 aliphatic heterocycles. The topological polar surface area (TPSA) is 80.4 Å². The first kappa shape index (κ1) is 13.9. The molecular weight excluding hydrogens is 213 g/mol. The molecule has 0 aromatic heterocycles. The predicted molar refractivity (Wildman–Crippen MR) is 51.3 cm³/mol. The summed E-state index contributed by atoms with van der Waals surface area (Å²) in [4.78, 5) is -0.129. The quantitative estimate of drug-likeness (QED) is 0.337. The van der Waals surface area contributed by atoms with E-state index in [1.165, 1.54) is 6.07 Å². The minimum Gasteiger partial charge on any atom is -1.00 e. The molecule has 0 heterocycles. The van der Waals surface area contributed by atoms with Crippen molar-refractivity contribution in [3.8, 4) is 0 Å². The van der Waals surface area contributed by atoms with E-state index in [1.54, 1.807) is 19.9 Å². The first-order valence-electron chi connectivity index (χ1n) is 3.66. The molecule has 1 aromatic carbocycles. The molecule has 1 aromatic rings. The third-order valence-electron chi connectivity index (χ3n) is 1.84. The Bertz CT molecular complexity index is 447. The van der Waals surface area contributed by atoms with Gasteiger partial charge in [-0.05, 0) is 31.0 Å². The Morgan fingerprint density at radius 2 is 1.79 bits per heavy atom. The van der Waals surface area contributed by atoms with Crippen LogP contribution in [0.15, 0.2) is 17.0 Å². The van der Waals surface area contributed by atoms with Crippen LogP contribution in [0.4, 0.5) is 5.69 Å². The van der Waals surface area contributed by atoms with E-state index in [0.29, 0.717) is 11.3 Å². The van der Waals surface area contributed by atoms with Crippen LogP contribution in [0.1, 0.15) is 12.6 Å². The monoisotopic (exact) mass is 225 g/mol. The molecule has 3 N–H and O–H groups in total. The van der Waals surface area contributed by atoms with Gasteiger partial charge in [0.25, 0.3) is 10.1 Å². The molecule has 0 radical (unpaired) electrons. The Labute approximate surface area is 107 Å². The summed E-state index contributed by atoms with van der Waals surface area (Å²) in [5.41, 5.74) is 7.16. The Balaban J connectivity index is 0. The van der Waals surface area contributed by atoms with Crippen molar-refractivity contribution in [1.29, 1.82) is 0 Å². The zero-order valence-electron chi connectivity index (χ0n) is 9.40. The van der Waals surface area contributed by atoms with Crippen molar-refractivity contribution in [3.05, 3.63) is 23.3 Å². The van der Waals surface area contributed by atoms with Crippen LogP contribution in [0.25, 0.3) is 0 Å². The number of hydrogen-bond acceptors (Lipinski definition) is 3. The molecule has 0 spiro atoms. The van der Waals surface area contributed by atoms with Gasteiger partial charge in [-0.3, -0.25) is 4.55 Å². The number of aryl methyl sites for hydroxylation is 2. The second-order valence-corrected chi connectivity index (χ2v) is 4.34. The van der Waals surface area contributed by atoms with Gasteiger partial charge in [-0.15, -0.1) is 0 Å². The maximum atomic E-state index is 10.8. The molecule has 0 amide bonds. The Hall–Kier alpha value is -0.0700. The van der Waals surface area contributed by atoms with Gasteiger partial charge in [0.05, 0.1) is 4.90 Å². The zero-order chi connectivity index (χ0) is 10.2. The molecule has 0 saturated carbocycles. The molecule has 74 valence electrons. The molecule has 1 rings (SSSR count). The summed E-state index contributed by atoms with van der Waals surface area (Å²) in [6.45, 7) is 3.38. The van der Waals surface area contributed by atoms with Gasteiger partial charge < -0.3 is 7.16 Å². The van der Waals surface area contributed by atoms with E-state index < -0.39 is 10.1 Å². The van der Waals surface area contributed by atoms with Crippen molar-refractivity contribution >= 4 is 15.8 Å². The molecular formula is C8H12NNaO3S. The molecule has 0 fully saturated rings. The molecule has 14 heavy (non-hydrogen) atoms. The average molecular weight is 225 g/mol. The first-order chi connectivity index (χ1) is 5.82.